The summed E-state index contributed by atoms with van der Waals surface area (Å²) in [6.45, 7) is 6.17. The summed E-state index contributed by atoms with van der Waals surface area (Å²) in [4.78, 5) is 23.2. The van der Waals surface area contributed by atoms with Crippen molar-refractivity contribution in [3.63, 3.8) is 0 Å². The third-order valence-corrected chi connectivity index (χ3v) is 8.21. The van der Waals surface area contributed by atoms with E-state index in [1.165, 1.54) is 18.4 Å². The van der Waals surface area contributed by atoms with Gasteiger partial charge in [-0.2, -0.15) is 4.31 Å². The van der Waals surface area contributed by atoms with Gasteiger partial charge in [-0.1, -0.05) is 60.7 Å². The van der Waals surface area contributed by atoms with Crippen LogP contribution < -0.4 is 0 Å². The lowest BCUT2D eigenvalue weighted by atomic mass is 10.0. The minimum atomic E-state index is -3.24. The van der Waals surface area contributed by atoms with Crippen LogP contribution in [0.25, 0.3) is 0 Å². The first-order chi connectivity index (χ1) is 16.7. The number of carbonyl (C=O) groups is 2. The summed E-state index contributed by atoms with van der Waals surface area (Å²) in [6.07, 6.45) is 2.34. The third-order valence-electron chi connectivity index (χ3n) is 6.36. The number of likely N-dealkylation sites (tertiary alicyclic amines) is 1. The number of piperidine rings is 1. The zero-order chi connectivity index (χ0) is 25.3. The number of piperazine rings is 1. The Balaban J connectivity index is 0.000000509. The molecular formula is C25H33N3O6S. The highest BCUT2D eigenvalue weighted by atomic mass is 32.2. The van der Waals surface area contributed by atoms with Crippen LogP contribution >= 0.6 is 0 Å². The fourth-order valence-electron chi connectivity index (χ4n) is 4.51. The summed E-state index contributed by atoms with van der Waals surface area (Å²) < 4.78 is 27.2. The van der Waals surface area contributed by atoms with Crippen LogP contribution in [0.2, 0.25) is 0 Å². The third kappa shape index (κ3) is 8.43. The van der Waals surface area contributed by atoms with Crippen LogP contribution in [-0.2, 0) is 31.9 Å². The molecule has 4 rings (SSSR count). The van der Waals surface area contributed by atoms with Crippen molar-refractivity contribution in [3.05, 3.63) is 71.8 Å². The summed E-state index contributed by atoms with van der Waals surface area (Å²) in [5.74, 6) is -3.55. The molecule has 2 aromatic rings. The van der Waals surface area contributed by atoms with Crippen LogP contribution in [0.15, 0.2) is 60.7 Å². The Hall–Kier alpha value is -2.79. The van der Waals surface area contributed by atoms with E-state index in [0.717, 1.165) is 38.3 Å². The van der Waals surface area contributed by atoms with Crippen molar-refractivity contribution in [2.45, 2.75) is 31.2 Å². The Morgan fingerprint density at radius 3 is 1.71 bits per heavy atom. The zero-order valence-corrected chi connectivity index (χ0v) is 20.5. The van der Waals surface area contributed by atoms with Gasteiger partial charge in [0.15, 0.2) is 0 Å². The van der Waals surface area contributed by atoms with E-state index in [1.54, 1.807) is 4.31 Å². The molecule has 0 unspecified atom stereocenters. The van der Waals surface area contributed by atoms with E-state index in [2.05, 4.69) is 40.1 Å². The molecule has 190 valence electrons. The molecule has 2 saturated heterocycles. The van der Waals surface area contributed by atoms with Gasteiger partial charge in [-0.05, 0) is 37.1 Å². The molecule has 0 bridgehead atoms. The van der Waals surface area contributed by atoms with E-state index >= 15 is 0 Å². The lowest BCUT2D eigenvalue weighted by Crippen LogP contribution is -2.54. The predicted molar refractivity (Wildman–Crippen MR) is 132 cm³/mol. The van der Waals surface area contributed by atoms with Crippen LogP contribution in [0.3, 0.4) is 0 Å². The van der Waals surface area contributed by atoms with Crippen LogP contribution in [-0.4, -0.2) is 90.0 Å². The number of carboxylic acid groups (broad SMARTS) is 2. The van der Waals surface area contributed by atoms with Crippen LogP contribution in [0.1, 0.15) is 24.0 Å². The summed E-state index contributed by atoms with van der Waals surface area (Å²) in [6, 6.07) is 20.7. The van der Waals surface area contributed by atoms with Gasteiger partial charge < -0.3 is 10.2 Å². The summed E-state index contributed by atoms with van der Waals surface area (Å²) in [5, 5.41) is 14.8. The predicted octanol–water partition coefficient (Wildman–Crippen LogP) is 1.95. The first-order valence-electron chi connectivity index (χ1n) is 11.7. The number of aliphatic carboxylic acids is 2. The maximum Gasteiger partial charge on any atom is 0.414 e. The van der Waals surface area contributed by atoms with Gasteiger partial charge in [-0.25, -0.2) is 18.0 Å². The maximum atomic E-state index is 12.8. The van der Waals surface area contributed by atoms with Gasteiger partial charge in [0.25, 0.3) is 0 Å². The van der Waals surface area contributed by atoms with Gasteiger partial charge in [0.05, 0.1) is 5.75 Å². The van der Waals surface area contributed by atoms with Crippen molar-refractivity contribution < 1.29 is 28.2 Å². The molecule has 2 fully saturated rings. The highest BCUT2D eigenvalue weighted by molar-refractivity contribution is 7.88. The highest BCUT2D eigenvalue weighted by Crippen LogP contribution is 2.21. The maximum absolute atomic E-state index is 12.8. The topological polar surface area (TPSA) is 118 Å². The van der Waals surface area contributed by atoms with Gasteiger partial charge in [0, 0.05) is 38.8 Å². The average Bonchev–Trinajstić information content (AvgIpc) is 2.86. The fraction of sp³-hybridized carbons (Fsp3) is 0.440. The molecule has 2 aromatic carbocycles. The van der Waals surface area contributed by atoms with Crippen molar-refractivity contribution in [1.82, 2.24) is 14.1 Å². The van der Waals surface area contributed by atoms with Crippen molar-refractivity contribution in [1.29, 1.82) is 0 Å². The first kappa shape index (κ1) is 26.8. The van der Waals surface area contributed by atoms with E-state index in [0.29, 0.717) is 19.1 Å². The second-order valence-electron chi connectivity index (χ2n) is 8.78. The van der Waals surface area contributed by atoms with Crippen molar-refractivity contribution >= 4 is 22.0 Å². The van der Waals surface area contributed by atoms with Gasteiger partial charge in [0.1, 0.15) is 0 Å². The lowest BCUT2D eigenvalue weighted by Gasteiger charge is -2.42. The second-order valence-corrected chi connectivity index (χ2v) is 10.7. The monoisotopic (exact) mass is 503 g/mol. The molecule has 35 heavy (non-hydrogen) atoms. The molecular weight excluding hydrogens is 470 g/mol. The highest BCUT2D eigenvalue weighted by Gasteiger charge is 2.31. The number of hydrogen-bond donors (Lipinski definition) is 2. The molecule has 0 radical (unpaired) electrons. The van der Waals surface area contributed by atoms with Gasteiger partial charge in [-0.15, -0.1) is 0 Å². The molecule has 0 aromatic heterocycles. The molecule has 2 N–H and O–H groups in total. The zero-order valence-electron chi connectivity index (χ0n) is 19.7. The Morgan fingerprint density at radius 1 is 0.743 bits per heavy atom. The molecule has 0 aliphatic carbocycles. The van der Waals surface area contributed by atoms with Crippen LogP contribution in [0.5, 0.6) is 0 Å². The van der Waals surface area contributed by atoms with Crippen LogP contribution in [0, 0.1) is 0 Å². The molecule has 10 heteroatoms. The smallest absolute Gasteiger partial charge is 0.414 e. The summed E-state index contributed by atoms with van der Waals surface area (Å²) >= 11 is 0. The molecule has 9 nitrogen and oxygen atoms in total. The Labute approximate surface area is 206 Å². The van der Waals surface area contributed by atoms with E-state index < -0.39 is 22.0 Å². The van der Waals surface area contributed by atoms with E-state index in [4.69, 9.17) is 19.8 Å². The molecule has 0 amide bonds. The molecule has 0 atom stereocenters. The minimum absolute atomic E-state index is 0.103. The van der Waals surface area contributed by atoms with E-state index in [-0.39, 0.29) is 5.75 Å². The standard InChI is InChI=1S/C23H31N3O2S.C2H2O4/c27-29(28,20-22-9-5-2-6-10-22)26-17-15-25(16-18-26)23-11-13-24(14-12-23)19-21-7-3-1-4-8-21;3-1(4)2(5)6/h1-10,23H,11-20H2;(H,3,4)(H,5,6). The normalized spacial score (nSPS) is 18.4. The van der Waals surface area contributed by atoms with Crippen LogP contribution in [0.4, 0.5) is 0 Å². The molecule has 0 saturated carbocycles. The second kappa shape index (κ2) is 12.8. The largest absolute Gasteiger partial charge is 0.473 e. The minimum Gasteiger partial charge on any atom is -0.473 e. The number of sulfonamides is 1. The molecule has 2 heterocycles. The van der Waals surface area contributed by atoms with Gasteiger partial charge in [-0.3, -0.25) is 9.80 Å². The van der Waals surface area contributed by atoms with Crippen molar-refractivity contribution in [3.8, 4) is 0 Å². The first-order valence-corrected chi connectivity index (χ1v) is 13.3. The van der Waals surface area contributed by atoms with E-state index in [1.807, 2.05) is 30.3 Å². The van der Waals surface area contributed by atoms with Gasteiger partial charge >= 0.3 is 11.9 Å². The van der Waals surface area contributed by atoms with Crippen molar-refractivity contribution in [2.75, 3.05) is 39.3 Å². The molecule has 2 aliphatic rings. The quantitative estimate of drug-likeness (QED) is 0.575. The van der Waals surface area contributed by atoms with Gasteiger partial charge in [0.2, 0.25) is 10.0 Å². The van der Waals surface area contributed by atoms with Crippen molar-refractivity contribution in [2.24, 2.45) is 0 Å². The SMILES string of the molecule is O=C(O)C(=O)O.O=S(=O)(Cc1ccccc1)N1CCN(C2CCN(Cc3ccccc3)CC2)CC1. The summed E-state index contributed by atoms with van der Waals surface area (Å²) in [5.41, 5.74) is 2.24. The molecule has 2 aliphatic heterocycles. The van der Waals surface area contributed by atoms with E-state index in [9.17, 15) is 8.42 Å². The number of carboxylic acids is 2. The number of nitrogens with zero attached hydrogens (tertiary/aromatic N) is 3. The Bertz CT molecular complexity index is 1040. The number of hydrogen-bond acceptors (Lipinski definition) is 6. The fourth-order valence-corrected chi connectivity index (χ4v) is 6.02. The molecule has 0 spiro atoms. The average molecular weight is 504 g/mol. The lowest BCUT2D eigenvalue weighted by molar-refractivity contribution is -0.159. The number of rotatable bonds is 6. The Morgan fingerprint density at radius 2 is 1.23 bits per heavy atom. The Kier molecular flexibility index (Phi) is 9.79. The number of benzene rings is 2. The summed E-state index contributed by atoms with van der Waals surface area (Å²) in [7, 11) is -3.24.